The Morgan fingerprint density at radius 3 is 2.22 bits per heavy atom. The summed E-state index contributed by atoms with van der Waals surface area (Å²) in [5.74, 6) is 0.440. The summed E-state index contributed by atoms with van der Waals surface area (Å²) in [6.07, 6.45) is 1.36. The molecule has 0 aromatic rings. The molecular formula is C7H16O2. The molecule has 0 saturated carbocycles. The van der Waals surface area contributed by atoms with Gasteiger partial charge in [-0.1, -0.05) is 6.92 Å². The van der Waals surface area contributed by atoms with Crippen LogP contribution in [0.2, 0.25) is 0 Å². The molecule has 0 bridgehead atoms. The summed E-state index contributed by atoms with van der Waals surface area (Å²) in [4.78, 5) is 0. The van der Waals surface area contributed by atoms with E-state index in [2.05, 4.69) is 0 Å². The third-order valence-electron chi connectivity index (χ3n) is 1.37. The van der Waals surface area contributed by atoms with Crippen molar-refractivity contribution in [2.24, 2.45) is 5.92 Å². The van der Waals surface area contributed by atoms with E-state index in [-0.39, 0.29) is 12.7 Å². The summed E-state index contributed by atoms with van der Waals surface area (Å²) < 4.78 is 0. The van der Waals surface area contributed by atoms with Crippen LogP contribution in [0.25, 0.3) is 0 Å². The van der Waals surface area contributed by atoms with Gasteiger partial charge < -0.3 is 10.2 Å². The Bertz CT molecular complexity index is 61.9. The van der Waals surface area contributed by atoms with Crippen LogP contribution in [-0.2, 0) is 0 Å². The molecule has 0 radical (unpaired) electrons. The SMILES string of the molecule is C[C@H](CCO)C[C@@H](C)O. The summed E-state index contributed by atoms with van der Waals surface area (Å²) in [5.41, 5.74) is 0. The highest BCUT2D eigenvalue weighted by atomic mass is 16.3. The van der Waals surface area contributed by atoms with E-state index < -0.39 is 0 Å². The van der Waals surface area contributed by atoms with Crippen molar-refractivity contribution in [3.63, 3.8) is 0 Å². The molecule has 2 nitrogen and oxygen atoms in total. The third kappa shape index (κ3) is 5.80. The first kappa shape index (κ1) is 8.92. The van der Waals surface area contributed by atoms with Crippen LogP contribution in [0.15, 0.2) is 0 Å². The normalized spacial score (nSPS) is 17.3. The van der Waals surface area contributed by atoms with Gasteiger partial charge in [0, 0.05) is 6.61 Å². The molecule has 9 heavy (non-hydrogen) atoms. The van der Waals surface area contributed by atoms with E-state index in [1.54, 1.807) is 6.92 Å². The molecule has 0 rings (SSSR count). The van der Waals surface area contributed by atoms with Crippen LogP contribution in [-0.4, -0.2) is 22.9 Å². The van der Waals surface area contributed by atoms with Crippen molar-refractivity contribution in [1.82, 2.24) is 0 Å². The summed E-state index contributed by atoms with van der Waals surface area (Å²) in [6.45, 7) is 4.03. The number of hydrogen-bond donors (Lipinski definition) is 2. The van der Waals surface area contributed by atoms with Gasteiger partial charge in [-0.05, 0) is 25.7 Å². The van der Waals surface area contributed by atoms with Crippen LogP contribution in [0.4, 0.5) is 0 Å². The highest BCUT2D eigenvalue weighted by molar-refractivity contribution is 4.55. The maximum atomic E-state index is 8.87. The van der Waals surface area contributed by atoms with E-state index in [0.717, 1.165) is 12.8 Å². The van der Waals surface area contributed by atoms with Crippen molar-refractivity contribution in [2.45, 2.75) is 32.8 Å². The molecule has 0 fully saturated rings. The van der Waals surface area contributed by atoms with Gasteiger partial charge in [-0.15, -0.1) is 0 Å². The average molecular weight is 132 g/mol. The zero-order chi connectivity index (χ0) is 7.28. The molecule has 0 amide bonds. The van der Waals surface area contributed by atoms with Gasteiger partial charge in [-0.25, -0.2) is 0 Å². The zero-order valence-corrected chi connectivity index (χ0v) is 6.17. The van der Waals surface area contributed by atoms with E-state index in [1.165, 1.54) is 0 Å². The van der Waals surface area contributed by atoms with Crippen molar-refractivity contribution in [3.8, 4) is 0 Å². The Morgan fingerprint density at radius 2 is 1.89 bits per heavy atom. The van der Waals surface area contributed by atoms with Crippen molar-refractivity contribution < 1.29 is 10.2 Å². The molecule has 0 aliphatic heterocycles. The molecule has 0 unspecified atom stereocenters. The Hall–Kier alpha value is -0.0800. The first-order valence-electron chi connectivity index (χ1n) is 3.45. The molecule has 2 heteroatoms. The van der Waals surface area contributed by atoms with Gasteiger partial charge in [0.05, 0.1) is 6.10 Å². The second kappa shape index (κ2) is 4.77. The molecule has 56 valence electrons. The number of rotatable bonds is 4. The summed E-state index contributed by atoms with van der Waals surface area (Å²) in [5, 5.41) is 17.3. The van der Waals surface area contributed by atoms with Gasteiger partial charge in [-0.2, -0.15) is 0 Å². The average Bonchev–Trinajstić information content (AvgIpc) is 1.63. The van der Waals surface area contributed by atoms with Gasteiger partial charge in [0.2, 0.25) is 0 Å². The molecule has 0 aromatic carbocycles. The molecule has 0 aliphatic carbocycles. The minimum atomic E-state index is -0.230. The van der Waals surface area contributed by atoms with Crippen LogP contribution in [0, 0.1) is 5.92 Å². The minimum absolute atomic E-state index is 0.230. The Morgan fingerprint density at radius 1 is 1.33 bits per heavy atom. The van der Waals surface area contributed by atoms with Gasteiger partial charge in [-0.3, -0.25) is 0 Å². The van der Waals surface area contributed by atoms with Crippen LogP contribution in [0.5, 0.6) is 0 Å². The maximum Gasteiger partial charge on any atom is 0.0514 e. The zero-order valence-electron chi connectivity index (χ0n) is 6.17. The van der Waals surface area contributed by atoms with Gasteiger partial charge >= 0.3 is 0 Å². The lowest BCUT2D eigenvalue weighted by Crippen LogP contribution is -2.08. The van der Waals surface area contributed by atoms with E-state index in [4.69, 9.17) is 10.2 Å². The molecule has 0 aromatic heterocycles. The Kier molecular flexibility index (Phi) is 4.72. The molecular weight excluding hydrogens is 116 g/mol. The van der Waals surface area contributed by atoms with Crippen LogP contribution >= 0.6 is 0 Å². The molecule has 0 saturated heterocycles. The summed E-state index contributed by atoms with van der Waals surface area (Å²) in [6, 6.07) is 0. The lowest BCUT2D eigenvalue weighted by atomic mass is 10.0. The fraction of sp³-hybridized carbons (Fsp3) is 1.00. The second-order valence-corrected chi connectivity index (χ2v) is 2.70. The lowest BCUT2D eigenvalue weighted by Gasteiger charge is -2.10. The predicted molar refractivity (Wildman–Crippen MR) is 37.2 cm³/mol. The lowest BCUT2D eigenvalue weighted by molar-refractivity contribution is 0.152. The van der Waals surface area contributed by atoms with Crippen LogP contribution in [0.3, 0.4) is 0 Å². The number of aliphatic hydroxyl groups is 2. The van der Waals surface area contributed by atoms with Crippen molar-refractivity contribution in [3.05, 3.63) is 0 Å². The first-order valence-corrected chi connectivity index (χ1v) is 3.45. The van der Waals surface area contributed by atoms with E-state index >= 15 is 0 Å². The molecule has 2 atom stereocenters. The van der Waals surface area contributed by atoms with Gasteiger partial charge in [0.25, 0.3) is 0 Å². The topological polar surface area (TPSA) is 40.5 Å². The fourth-order valence-electron chi connectivity index (χ4n) is 0.921. The highest BCUT2D eigenvalue weighted by Crippen LogP contribution is 2.08. The van der Waals surface area contributed by atoms with E-state index in [9.17, 15) is 0 Å². The second-order valence-electron chi connectivity index (χ2n) is 2.70. The maximum absolute atomic E-state index is 8.87. The molecule has 0 spiro atoms. The van der Waals surface area contributed by atoms with Gasteiger partial charge in [0.15, 0.2) is 0 Å². The van der Waals surface area contributed by atoms with E-state index in [0.29, 0.717) is 5.92 Å². The molecule has 2 N–H and O–H groups in total. The first-order chi connectivity index (χ1) is 4.16. The molecule has 0 aliphatic rings. The van der Waals surface area contributed by atoms with E-state index in [1.807, 2.05) is 6.92 Å². The number of aliphatic hydroxyl groups excluding tert-OH is 2. The predicted octanol–water partition coefficient (Wildman–Crippen LogP) is 0.776. The number of hydrogen-bond acceptors (Lipinski definition) is 2. The smallest absolute Gasteiger partial charge is 0.0514 e. The third-order valence-corrected chi connectivity index (χ3v) is 1.37. The summed E-state index contributed by atoms with van der Waals surface area (Å²) in [7, 11) is 0. The monoisotopic (exact) mass is 132 g/mol. The van der Waals surface area contributed by atoms with Crippen LogP contribution in [0.1, 0.15) is 26.7 Å². The fourth-order valence-corrected chi connectivity index (χ4v) is 0.921. The summed E-state index contributed by atoms with van der Waals surface area (Å²) >= 11 is 0. The quantitative estimate of drug-likeness (QED) is 0.593. The Balaban J connectivity index is 3.15. The van der Waals surface area contributed by atoms with Crippen molar-refractivity contribution in [2.75, 3.05) is 6.61 Å². The highest BCUT2D eigenvalue weighted by Gasteiger charge is 2.03. The largest absolute Gasteiger partial charge is 0.396 e. The van der Waals surface area contributed by atoms with Crippen molar-refractivity contribution >= 4 is 0 Å². The standard InChI is InChI=1S/C7H16O2/c1-6(3-4-8)5-7(2)9/h6-9H,3-5H2,1-2H3/t6-,7-/m1/s1. The minimum Gasteiger partial charge on any atom is -0.396 e. The van der Waals surface area contributed by atoms with Gasteiger partial charge in [0.1, 0.15) is 0 Å². The van der Waals surface area contributed by atoms with Crippen molar-refractivity contribution in [1.29, 1.82) is 0 Å². The molecule has 0 heterocycles. The Labute approximate surface area is 56.5 Å². The van der Waals surface area contributed by atoms with Crippen LogP contribution < -0.4 is 0 Å².